The second kappa shape index (κ2) is 10.4. The Labute approximate surface area is 215 Å². The summed E-state index contributed by atoms with van der Waals surface area (Å²) in [6.45, 7) is 0. The van der Waals surface area contributed by atoms with Gasteiger partial charge in [-0.15, -0.1) is 0 Å². The molecular weight excluding hydrogens is 470 g/mol. The summed E-state index contributed by atoms with van der Waals surface area (Å²) in [7, 11) is 3.14. The number of nitrogens with two attached hydrogens (primary N) is 2. The van der Waals surface area contributed by atoms with Gasteiger partial charge in [0.25, 0.3) is 5.91 Å². The normalized spacial score (nSPS) is 17.4. The number of carbonyl (C=O) groups is 1. The molecule has 5 rings (SSSR count). The van der Waals surface area contributed by atoms with Crippen molar-refractivity contribution in [3.05, 3.63) is 60.3 Å². The molecule has 2 atom stereocenters. The Morgan fingerprint density at radius 1 is 1.03 bits per heavy atom. The Kier molecular flexibility index (Phi) is 6.82. The summed E-state index contributed by atoms with van der Waals surface area (Å²) < 4.78 is 12.6. The van der Waals surface area contributed by atoms with Crippen LogP contribution < -0.4 is 31.6 Å². The molecule has 1 fully saturated rings. The number of nitrogens with zero attached hydrogens (tertiary/aromatic N) is 3. The molecule has 2 heterocycles. The smallest absolute Gasteiger partial charge is 0.256 e. The number of nitrogens with one attached hydrogen (secondary N) is 2. The molecule has 2 aromatic carbocycles. The number of benzene rings is 2. The Hall–Kier alpha value is -4.31. The number of fused-ring (bicyclic) bond motifs is 1. The highest BCUT2D eigenvalue weighted by molar-refractivity contribution is 6.04. The number of primary amides is 1. The molecule has 1 aliphatic carbocycles. The molecule has 6 N–H and O–H groups in total. The minimum Gasteiger partial charge on any atom is -0.497 e. The highest BCUT2D eigenvalue weighted by Gasteiger charge is 2.26. The van der Waals surface area contributed by atoms with E-state index >= 15 is 0 Å². The van der Waals surface area contributed by atoms with E-state index in [1.807, 2.05) is 36.5 Å². The first-order valence-electron chi connectivity index (χ1n) is 12.3. The van der Waals surface area contributed by atoms with Crippen LogP contribution in [0, 0.1) is 0 Å². The largest absolute Gasteiger partial charge is 0.497 e. The van der Waals surface area contributed by atoms with Gasteiger partial charge in [0.2, 0.25) is 5.95 Å². The molecule has 0 spiro atoms. The zero-order chi connectivity index (χ0) is 25.9. The first kappa shape index (κ1) is 24.4. The average Bonchev–Trinajstić information content (AvgIpc) is 3.35. The average molecular weight is 502 g/mol. The van der Waals surface area contributed by atoms with E-state index < -0.39 is 5.91 Å². The first-order valence-corrected chi connectivity index (χ1v) is 12.3. The Balaban J connectivity index is 1.67. The van der Waals surface area contributed by atoms with Crippen LogP contribution in [-0.2, 0) is 0 Å². The predicted octanol–water partition coefficient (Wildman–Crippen LogP) is 3.94. The lowest BCUT2D eigenvalue weighted by atomic mass is 9.91. The number of anilines is 3. The van der Waals surface area contributed by atoms with Gasteiger partial charge in [0.1, 0.15) is 17.1 Å². The fraction of sp³-hybridized carbons (Fsp3) is 0.296. The van der Waals surface area contributed by atoms with E-state index in [9.17, 15) is 4.79 Å². The summed E-state index contributed by atoms with van der Waals surface area (Å²) in [5, 5.41) is 6.76. The van der Waals surface area contributed by atoms with Crippen molar-refractivity contribution in [3.63, 3.8) is 0 Å². The lowest BCUT2D eigenvalue weighted by Gasteiger charge is -2.30. The number of ether oxygens (including phenoxy) is 2. The van der Waals surface area contributed by atoms with Crippen LogP contribution in [0.25, 0.3) is 16.9 Å². The summed E-state index contributed by atoms with van der Waals surface area (Å²) in [5.41, 5.74) is 15.1. The minimum atomic E-state index is -0.652. The van der Waals surface area contributed by atoms with Crippen LogP contribution in [0.1, 0.15) is 36.0 Å². The van der Waals surface area contributed by atoms with E-state index in [1.54, 1.807) is 36.8 Å². The van der Waals surface area contributed by atoms with E-state index in [-0.39, 0.29) is 23.5 Å². The fourth-order valence-corrected chi connectivity index (χ4v) is 4.73. The van der Waals surface area contributed by atoms with Crippen molar-refractivity contribution in [1.82, 2.24) is 14.4 Å². The molecule has 4 aromatic rings. The zero-order valence-electron chi connectivity index (χ0n) is 20.9. The summed E-state index contributed by atoms with van der Waals surface area (Å²) in [5.74, 6) is 1.31. The topological polar surface area (TPSA) is 142 Å². The Morgan fingerprint density at radius 2 is 1.73 bits per heavy atom. The van der Waals surface area contributed by atoms with Crippen LogP contribution in [0.3, 0.4) is 0 Å². The summed E-state index contributed by atoms with van der Waals surface area (Å²) in [6, 6.07) is 15.1. The number of aromatic nitrogens is 3. The molecule has 1 saturated carbocycles. The second-order valence-electron chi connectivity index (χ2n) is 9.13. The molecule has 10 nitrogen and oxygen atoms in total. The van der Waals surface area contributed by atoms with E-state index in [1.165, 1.54) is 0 Å². The molecule has 0 aliphatic heterocycles. The highest BCUT2D eigenvalue weighted by Crippen LogP contribution is 2.32. The number of hydrogen-bond donors (Lipinski definition) is 4. The molecule has 1 aliphatic rings. The van der Waals surface area contributed by atoms with Gasteiger partial charge >= 0.3 is 0 Å². The van der Waals surface area contributed by atoms with E-state index in [0.29, 0.717) is 34.5 Å². The molecule has 1 amide bonds. The number of methoxy groups -OCH3 is 2. The number of carbonyl (C=O) groups excluding carboxylic acids is 1. The van der Waals surface area contributed by atoms with Gasteiger partial charge in [-0.25, -0.2) is 4.98 Å². The molecular formula is C27H31N7O3. The van der Waals surface area contributed by atoms with Gasteiger partial charge in [-0.05, 0) is 12.8 Å². The van der Waals surface area contributed by atoms with Crippen LogP contribution in [0.4, 0.5) is 17.5 Å². The standard InChI is InChI=1S/C27H31N7O3/c1-36-18-12-17(13-19(14-18)37-2)30-25-23(24(29)35)26-31-22(16-8-4-3-5-9-16)15-34(26)27(33-25)32-21-11-7-6-10-20(21)28/h3-5,8-9,12-15,20-21,30H,6-7,10-11,28H2,1-2H3,(H2,29,35)(H,32,33)/t20-,21+/m0/s1. The summed E-state index contributed by atoms with van der Waals surface area (Å²) in [6.07, 6.45) is 5.92. The molecule has 0 saturated heterocycles. The van der Waals surface area contributed by atoms with Crippen LogP contribution in [-0.4, -0.2) is 46.6 Å². The quantitative estimate of drug-likeness (QED) is 0.284. The predicted molar refractivity (Wildman–Crippen MR) is 144 cm³/mol. The van der Waals surface area contributed by atoms with Gasteiger partial charge in [-0.1, -0.05) is 43.2 Å². The van der Waals surface area contributed by atoms with Crippen molar-refractivity contribution in [2.75, 3.05) is 24.9 Å². The third-order valence-corrected chi connectivity index (χ3v) is 6.68. The van der Waals surface area contributed by atoms with Gasteiger partial charge < -0.3 is 31.6 Å². The Bertz CT molecular complexity index is 1400. The van der Waals surface area contributed by atoms with E-state index in [0.717, 1.165) is 31.2 Å². The van der Waals surface area contributed by atoms with Crippen LogP contribution in [0.15, 0.2) is 54.7 Å². The van der Waals surface area contributed by atoms with Crippen molar-refractivity contribution >= 4 is 29.0 Å². The van der Waals surface area contributed by atoms with Gasteiger partial charge in [0, 0.05) is 47.7 Å². The first-order chi connectivity index (χ1) is 18.0. The fourth-order valence-electron chi connectivity index (χ4n) is 4.73. The van der Waals surface area contributed by atoms with Crippen molar-refractivity contribution in [1.29, 1.82) is 0 Å². The molecule has 192 valence electrons. The number of amides is 1. The lowest BCUT2D eigenvalue weighted by Crippen LogP contribution is -2.43. The van der Waals surface area contributed by atoms with Crippen molar-refractivity contribution < 1.29 is 14.3 Å². The van der Waals surface area contributed by atoms with Crippen molar-refractivity contribution in [2.45, 2.75) is 37.8 Å². The third-order valence-electron chi connectivity index (χ3n) is 6.68. The summed E-state index contributed by atoms with van der Waals surface area (Å²) in [4.78, 5) is 22.4. The summed E-state index contributed by atoms with van der Waals surface area (Å²) >= 11 is 0. The Morgan fingerprint density at radius 3 is 2.38 bits per heavy atom. The van der Waals surface area contributed by atoms with Gasteiger partial charge in [-0.3, -0.25) is 9.20 Å². The number of hydrogen-bond acceptors (Lipinski definition) is 8. The van der Waals surface area contributed by atoms with Crippen LogP contribution >= 0.6 is 0 Å². The maximum atomic E-state index is 12.8. The van der Waals surface area contributed by atoms with Gasteiger partial charge in [0.15, 0.2) is 11.5 Å². The van der Waals surface area contributed by atoms with E-state index in [2.05, 4.69) is 10.6 Å². The molecule has 2 aromatic heterocycles. The third kappa shape index (κ3) is 5.01. The SMILES string of the molecule is COc1cc(Nc2nc(N[C@@H]3CCCC[C@@H]3N)n3cc(-c4ccccc4)nc3c2C(N)=O)cc(OC)c1. The highest BCUT2D eigenvalue weighted by atomic mass is 16.5. The number of imidazole rings is 1. The van der Waals surface area contributed by atoms with Crippen LogP contribution in [0.2, 0.25) is 0 Å². The van der Waals surface area contributed by atoms with Gasteiger partial charge in [0.05, 0.1) is 19.9 Å². The maximum absolute atomic E-state index is 12.8. The minimum absolute atomic E-state index is 0.00223. The van der Waals surface area contributed by atoms with Crippen molar-refractivity contribution in [2.24, 2.45) is 11.5 Å². The molecule has 10 heteroatoms. The van der Waals surface area contributed by atoms with Crippen LogP contribution in [0.5, 0.6) is 11.5 Å². The lowest BCUT2D eigenvalue weighted by molar-refractivity contribution is 0.100. The zero-order valence-corrected chi connectivity index (χ0v) is 20.9. The second-order valence-corrected chi connectivity index (χ2v) is 9.13. The molecule has 0 bridgehead atoms. The molecule has 37 heavy (non-hydrogen) atoms. The van der Waals surface area contributed by atoms with E-state index in [4.69, 9.17) is 30.9 Å². The molecule has 0 radical (unpaired) electrons. The van der Waals surface area contributed by atoms with Gasteiger partial charge in [-0.2, -0.15) is 4.98 Å². The maximum Gasteiger partial charge on any atom is 0.256 e. The number of rotatable bonds is 8. The van der Waals surface area contributed by atoms with Crippen molar-refractivity contribution in [3.8, 4) is 22.8 Å². The molecule has 0 unspecified atom stereocenters. The monoisotopic (exact) mass is 501 g/mol.